The number of rotatable bonds is 9. The third kappa shape index (κ3) is 5.57. The van der Waals surface area contributed by atoms with E-state index in [0.717, 1.165) is 31.4 Å². The van der Waals surface area contributed by atoms with Crippen molar-refractivity contribution in [2.24, 2.45) is 0 Å². The van der Waals surface area contributed by atoms with Gasteiger partial charge in [-0.1, -0.05) is 13.0 Å². The van der Waals surface area contributed by atoms with Gasteiger partial charge < -0.3 is 15.2 Å². The first kappa shape index (κ1) is 15.9. The molecule has 1 unspecified atom stereocenters. The number of nitrogens with one attached hydrogen (secondary N) is 1. The van der Waals surface area contributed by atoms with Crippen molar-refractivity contribution in [2.75, 3.05) is 19.8 Å². The van der Waals surface area contributed by atoms with Gasteiger partial charge in [0.05, 0.1) is 6.61 Å². The van der Waals surface area contributed by atoms with E-state index in [4.69, 9.17) is 9.84 Å². The van der Waals surface area contributed by atoms with Crippen LogP contribution >= 0.6 is 0 Å². The Bertz CT molecular complexity index is 371. The highest BCUT2D eigenvalue weighted by Crippen LogP contribution is 2.26. The third-order valence-corrected chi connectivity index (χ3v) is 3.01. The first-order chi connectivity index (χ1) is 9.19. The number of aliphatic hydroxyl groups excluding tert-OH is 1. The normalized spacial score (nSPS) is 12.4. The van der Waals surface area contributed by atoms with E-state index in [0.29, 0.717) is 12.4 Å². The molecule has 3 nitrogen and oxygen atoms in total. The lowest BCUT2D eigenvalue weighted by molar-refractivity contribution is 0.264. The number of benzene rings is 1. The summed E-state index contributed by atoms with van der Waals surface area (Å²) in [5.74, 6) is 0.329. The Morgan fingerprint density at radius 2 is 2.11 bits per heavy atom. The molecule has 0 amide bonds. The van der Waals surface area contributed by atoms with Gasteiger partial charge in [0.1, 0.15) is 11.6 Å². The van der Waals surface area contributed by atoms with E-state index in [1.54, 1.807) is 6.07 Å². The van der Waals surface area contributed by atoms with Gasteiger partial charge in [0.25, 0.3) is 0 Å². The maximum Gasteiger partial charge on any atom is 0.126 e. The van der Waals surface area contributed by atoms with Gasteiger partial charge in [-0.15, -0.1) is 0 Å². The van der Waals surface area contributed by atoms with Gasteiger partial charge in [0.15, 0.2) is 0 Å². The maximum atomic E-state index is 13.3. The molecular formula is C15H24FNO2. The SMILES string of the molecule is CCNC(C)c1ccc(F)cc1OCCCCCO. The van der Waals surface area contributed by atoms with Crippen LogP contribution in [0.15, 0.2) is 18.2 Å². The second-order valence-electron chi connectivity index (χ2n) is 4.59. The topological polar surface area (TPSA) is 41.5 Å². The average Bonchev–Trinajstić information content (AvgIpc) is 2.39. The molecule has 19 heavy (non-hydrogen) atoms. The van der Waals surface area contributed by atoms with Gasteiger partial charge in [-0.2, -0.15) is 0 Å². The lowest BCUT2D eigenvalue weighted by Gasteiger charge is -2.17. The molecule has 4 heteroatoms. The molecule has 0 spiro atoms. The van der Waals surface area contributed by atoms with Crippen LogP contribution in [-0.2, 0) is 0 Å². The van der Waals surface area contributed by atoms with E-state index < -0.39 is 0 Å². The molecule has 1 aromatic rings. The van der Waals surface area contributed by atoms with Gasteiger partial charge in [-0.05, 0) is 38.8 Å². The fourth-order valence-electron chi connectivity index (χ4n) is 1.98. The molecule has 108 valence electrons. The molecule has 0 radical (unpaired) electrons. The van der Waals surface area contributed by atoms with E-state index in [2.05, 4.69) is 5.32 Å². The minimum absolute atomic E-state index is 0.137. The van der Waals surface area contributed by atoms with Crippen LogP contribution in [0.3, 0.4) is 0 Å². The summed E-state index contributed by atoms with van der Waals surface area (Å²) in [7, 11) is 0. The van der Waals surface area contributed by atoms with Gasteiger partial charge in [-0.3, -0.25) is 0 Å². The predicted octanol–water partition coefficient (Wildman–Crippen LogP) is 3.04. The van der Waals surface area contributed by atoms with Crippen LogP contribution in [0.1, 0.15) is 44.7 Å². The zero-order valence-electron chi connectivity index (χ0n) is 11.8. The highest BCUT2D eigenvalue weighted by Gasteiger charge is 2.11. The van der Waals surface area contributed by atoms with Gasteiger partial charge >= 0.3 is 0 Å². The molecule has 0 saturated heterocycles. The number of aliphatic hydroxyl groups is 1. The fraction of sp³-hybridized carbons (Fsp3) is 0.600. The molecule has 1 aromatic carbocycles. The molecule has 0 fully saturated rings. The molecule has 2 N–H and O–H groups in total. The first-order valence-corrected chi connectivity index (χ1v) is 6.95. The van der Waals surface area contributed by atoms with E-state index in [1.807, 2.05) is 13.8 Å². The average molecular weight is 269 g/mol. The zero-order valence-corrected chi connectivity index (χ0v) is 11.8. The van der Waals surface area contributed by atoms with E-state index >= 15 is 0 Å². The Hall–Kier alpha value is -1.13. The molecule has 0 aromatic heterocycles. The lowest BCUT2D eigenvalue weighted by Crippen LogP contribution is -2.18. The van der Waals surface area contributed by atoms with Crippen molar-refractivity contribution < 1.29 is 14.2 Å². The molecule has 0 aliphatic carbocycles. The molecule has 1 rings (SSSR count). The van der Waals surface area contributed by atoms with Crippen LogP contribution in [0, 0.1) is 5.82 Å². The van der Waals surface area contributed by atoms with Crippen molar-refractivity contribution in [1.82, 2.24) is 5.32 Å². The van der Waals surface area contributed by atoms with Crippen molar-refractivity contribution in [3.8, 4) is 5.75 Å². The molecule has 0 bridgehead atoms. The quantitative estimate of drug-likeness (QED) is 0.677. The highest BCUT2D eigenvalue weighted by atomic mass is 19.1. The van der Waals surface area contributed by atoms with Crippen LogP contribution in [-0.4, -0.2) is 24.9 Å². The van der Waals surface area contributed by atoms with Crippen LogP contribution in [0.2, 0.25) is 0 Å². The number of ether oxygens (including phenoxy) is 1. The summed E-state index contributed by atoms with van der Waals surface area (Å²) < 4.78 is 19.0. The number of unbranched alkanes of at least 4 members (excludes halogenated alkanes) is 2. The van der Waals surface area contributed by atoms with Gasteiger partial charge in [0, 0.05) is 24.3 Å². The van der Waals surface area contributed by atoms with Crippen molar-refractivity contribution in [3.63, 3.8) is 0 Å². The van der Waals surface area contributed by atoms with Crippen molar-refractivity contribution in [1.29, 1.82) is 0 Å². The molecule has 0 aliphatic heterocycles. The summed E-state index contributed by atoms with van der Waals surface area (Å²) in [5.41, 5.74) is 0.977. The largest absolute Gasteiger partial charge is 0.493 e. The first-order valence-electron chi connectivity index (χ1n) is 6.95. The maximum absolute atomic E-state index is 13.3. The third-order valence-electron chi connectivity index (χ3n) is 3.01. The monoisotopic (exact) mass is 269 g/mol. The Morgan fingerprint density at radius 1 is 1.32 bits per heavy atom. The molecule has 0 saturated carbocycles. The van der Waals surface area contributed by atoms with Crippen LogP contribution in [0.25, 0.3) is 0 Å². The van der Waals surface area contributed by atoms with Crippen molar-refractivity contribution >= 4 is 0 Å². The van der Waals surface area contributed by atoms with Gasteiger partial charge in [0.2, 0.25) is 0 Å². The minimum Gasteiger partial charge on any atom is -0.493 e. The van der Waals surface area contributed by atoms with E-state index in [9.17, 15) is 4.39 Å². The van der Waals surface area contributed by atoms with Crippen molar-refractivity contribution in [2.45, 2.75) is 39.2 Å². The van der Waals surface area contributed by atoms with E-state index in [1.165, 1.54) is 12.1 Å². The Kier molecular flexibility index (Phi) is 7.45. The summed E-state index contributed by atoms with van der Waals surface area (Å²) in [6.07, 6.45) is 2.57. The number of hydrogen-bond donors (Lipinski definition) is 2. The Morgan fingerprint density at radius 3 is 2.79 bits per heavy atom. The summed E-state index contributed by atoms with van der Waals surface area (Å²) >= 11 is 0. The fourth-order valence-corrected chi connectivity index (χ4v) is 1.98. The predicted molar refractivity (Wildman–Crippen MR) is 74.9 cm³/mol. The Labute approximate surface area is 114 Å². The number of halogens is 1. The van der Waals surface area contributed by atoms with Crippen LogP contribution in [0.5, 0.6) is 5.75 Å². The summed E-state index contributed by atoms with van der Waals surface area (Å²) in [4.78, 5) is 0. The van der Waals surface area contributed by atoms with Crippen LogP contribution in [0.4, 0.5) is 4.39 Å². The van der Waals surface area contributed by atoms with E-state index in [-0.39, 0.29) is 18.5 Å². The van der Waals surface area contributed by atoms with Crippen LogP contribution < -0.4 is 10.1 Å². The summed E-state index contributed by atoms with van der Waals surface area (Å²) in [6.45, 7) is 5.69. The zero-order chi connectivity index (χ0) is 14.1. The number of hydrogen-bond acceptors (Lipinski definition) is 3. The molecule has 0 aliphatic rings. The Balaban J connectivity index is 2.61. The lowest BCUT2D eigenvalue weighted by atomic mass is 10.1. The standard InChI is InChI=1S/C15H24FNO2/c1-3-17-12(2)14-8-7-13(16)11-15(14)19-10-6-4-5-9-18/h7-8,11-12,17-18H,3-6,9-10H2,1-2H3. The summed E-state index contributed by atoms with van der Waals surface area (Å²) in [6, 6.07) is 4.81. The summed E-state index contributed by atoms with van der Waals surface area (Å²) in [5, 5.41) is 12.0. The van der Waals surface area contributed by atoms with Crippen molar-refractivity contribution in [3.05, 3.63) is 29.6 Å². The molecule has 0 heterocycles. The smallest absolute Gasteiger partial charge is 0.126 e. The minimum atomic E-state index is -0.280. The molecule has 1 atom stereocenters. The second-order valence-corrected chi connectivity index (χ2v) is 4.59. The second kappa shape index (κ2) is 8.88. The molecular weight excluding hydrogens is 245 g/mol. The van der Waals surface area contributed by atoms with Gasteiger partial charge in [-0.25, -0.2) is 4.39 Å². The highest BCUT2D eigenvalue weighted by molar-refractivity contribution is 5.36.